The van der Waals surface area contributed by atoms with Gasteiger partial charge in [-0.25, -0.2) is 13.4 Å². The van der Waals surface area contributed by atoms with Gasteiger partial charge in [-0.3, -0.25) is 4.79 Å². The van der Waals surface area contributed by atoms with E-state index in [4.69, 9.17) is 19.6 Å². The number of carbonyl (C=O) groups excluding carboxylic acids is 1. The standard InChI is InChI=1S/C33H39N3.C14H12O6S.6H2/c1-6-34-32-24-23-31(29-13-11-12-14-30(29)32)33(25-15-19-27(20-16-25)35(7-2)8-3)26-17-21-28(22-18-26)36(9-4)10-5;1-20-12-8-11(15)10(7-13(12)21(17,18)19)14(16)9-5-3-2-4-6-9;;;;;;/h11-24H,6-10H2,1-5H3;2-8,15H,1H3,(H,17,18,19);6*1H/i;;5*1+1D;1+1. The van der Waals surface area contributed by atoms with Gasteiger partial charge >= 0.3 is 0 Å². The molecule has 5 aromatic rings. The van der Waals surface area contributed by atoms with Crippen molar-refractivity contribution in [3.05, 3.63) is 161 Å². The molecule has 10 heteroatoms. The fourth-order valence-corrected chi connectivity index (χ4v) is 7.68. The first-order chi connectivity index (χ1) is 32.5. The minimum Gasteiger partial charge on any atom is -0.744 e. The SMILES string of the molecule is CC[NH+]=C1C=CC(=C(c2ccc(N(CC)CC)cc2)c2ccc(N(CC)CC)cc2)c2ccccc21.COc1cc(O)c(C(=O)c2ccccc2)cc1S(=O)(=O)[O-].[2HH].[2H][2H].[2H][2H].[2H][2H].[2H][2H].[2H][2H]. The number of fused-ring (bicyclic) bond motifs is 1. The quantitative estimate of drug-likeness (QED) is 0.0894. The normalized spacial score (nSPS) is 13.4. The average Bonchev–Trinajstić information content (AvgIpc) is 3.39. The third-order valence-corrected chi connectivity index (χ3v) is 10.8. The number of hydrogen-bond acceptors (Lipinski definition) is 8. The molecule has 0 radical (unpaired) electrons. The summed E-state index contributed by atoms with van der Waals surface area (Å²) < 4.78 is 88.4. The van der Waals surface area contributed by atoms with E-state index in [1.165, 1.54) is 62.6 Å². The molecular formula is C47H63N3O6S. The van der Waals surface area contributed by atoms with E-state index >= 15 is 0 Å². The van der Waals surface area contributed by atoms with Crippen molar-refractivity contribution in [3.8, 4) is 11.5 Å². The molecule has 0 saturated heterocycles. The van der Waals surface area contributed by atoms with Crippen molar-refractivity contribution in [1.82, 2.24) is 0 Å². The molecule has 9 nitrogen and oxygen atoms in total. The van der Waals surface area contributed by atoms with Crippen molar-refractivity contribution < 1.29 is 48.9 Å². The Labute approximate surface area is 354 Å². The number of anilines is 2. The second kappa shape index (κ2) is 19.3. The summed E-state index contributed by atoms with van der Waals surface area (Å²) in [5.41, 5.74) is 11.2. The lowest BCUT2D eigenvalue weighted by Crippen LogP contribution is -2.72. The van der Waals surface area contributed by atoms with Crippen LogP contribution in [0.2, 0.25) is 0 Å². The summed E-state index contributed by atoms with van der Waals surface area (Å²) in [4.78, 5) is 19.9. The van der Waals surface area contributed by atoms with Crippen LogP contribution >= 0.6 is 0 Å². The first-order valence-corrected chi connectivity index (χ1v) is 20.7. The number of phenolic OH excluding ortho intramolecular Hbond substituents is 1. The Morgan fingerprint density at radius 1 is 0.719 bits per heavy atom. The van der Waals surface area contributed by atoms with E-state index in [0.717, 1.165) is 52.0 Å². The van der Waals surface area contributed by atoms with Gasteiger partial charge in [0.1, 0.15) is 28.2 Å². The predicted octanol–water partition coefficient (Wildman–Crippen LogP) is 8.81. The molecule has 0 heterocycles. The lowest BCUT2D eigenvalue weighted by Gasteiger charge is -2.24. The summed E-state index contributed by atoms with van der Waals surface area (Å²) in [6.07, 6.45) is 4.52. The highest BCUT2D eigenvalue weighted by Crippen LogP contribution is 2.38. The van der Waals surface area contributed by atoms with E-state index in [2.05, 4.69) is 134 Å². The minimum atomic E-state index is -4.84. The number of carbonyl (C=O) groups is 1. The number of methoxy groups -OCH3 is 1. The van der Waals surface area contributed by atoms with Gasteiger partial charge in [-0.15, -0.1) is 0 Å². The highest BCUT2D eigenvalue weighted by Gasteiger charge is 2.23. The molecule has 0 fully saturated rings. The van der Waals surface area contributed by atoms with E-state index in [9.17, 15) is 22.9 Å². The third kappa shape index (κ3) is 9.71. The topological polar surface area (TPSA) is 124 Å². The molecule has 0 amide bonds. The summed E-state index contributed by atoms with van der Waals surface area (Å²) in [6.45, 7) is 15.9. The zero-order chi connectivity index (χ0) is 51.1. The lowest BCUT2D eigenvalue weighted by molar-refractivity contribution is -0.450. The number of allylic oxidation sites excluding steroid dienone is 3. The summed E-state index contributed by atoms with van der Waals surface area (Å²) in [7, 11) is -3.68. The summed E-state index contributed by atoms with van der Waals surface area (Å²) in [5, 5.41) is 9.85. The Bertz CT molecular complexity index is 2350. The van der Waals surface area contributed by atoms with Gasteiger partial charge in [0.15, 0.2) is 5.78 Å². The molecule has 5 aromatic carbocycles. The molecule has 0 unspecified atom stereocenters. The number of nitrogens with one attached hydrogen (secondary N) is 1. The van der Waals surface area contributed by atoms with E-state index in [0.29, 0.717) is 0 Å². The molecule has 0 saturated carbocycles. The maximum atomic E-state index is 12.2. The second-order valence-corrected chi connectivity index (χ2v) is 14.6. The first kappa shape index (κ1) is 35.4. The van der Waals surface area contributed by atoms with Crippen LogP contribution in [-0.4, -0.2) is 69.4 Å². The summed E-state index contributed by atoms with van der Waals surface area (Å²) >= 11 is 0. The smallest absolute Gasteiger partial charge is 0.206 e. The van der Waals surface area contributed by atoms with Crippen molar-refractivity contribution in [2.75, 3.05) is 49.6 Å². The fraction of sp³-hybridized carbons (Fsp3) is 0.234. The average molecular weight is 809 g/mol. The summed E-state index contributed by atoms with van der Waals surface area (Å²) in [6, 6.07) is 36.7. The first-order valence-electron chi connectivity index (χ1n) is 24.3. The van der Waals surface area contributed by atoms with Gasteiger partial charge in [0, 0.05) is 71.5 Å². The van der Waals surface area contributed by atoms with Gasteiger partial charge in [0.2, 0.25) is 5.71 Å². The van der Waals surface area contributed by atoms with E-state index < -0.39 is 26.5 Å². The van der Waals surface area contributed by atoms with Crippen molar-refractivity contribution >= 4 is 44.1 Å². The van der Waals surface area contributed by atoms with Crippen LogP contribution in [0.4, 0.5) is 11.4 Å². The molecule has 0 aromatic heterocycles. The fourth-order valence-electron chi connectivity index (χ4n) is 7.03. The van der Waals surface area contributed by atoms with E-state index in [1.54, 1.807) is 18.2 Å². The minimum absolute atomic E-state index is 0. The molecule has 2 N–H and O–H groups in total. The number of ether oxygens (including phenoxy) is 1. The van der Waals surface area contributed by atoms with E-state index in [-0.39, 0.29) is 18.3 Å². The molecule has 0 aliphatic heterocycles. The largest absolute Gasteiger partial charge is 0.744 e. The Morgan fingerprint density at radius 3 is 1.70 bits per heavy atom. The maximum absolute atomic E-state index is 12.2. The maximum Gasteiger partial charge on any atom is 0.206 e. The number of hydrogen-bond donors (Lipinski definition) is 2. The Hall–Kier alpha value is -5.97. The Kier molecular flexibility index (Phi) is 12.0. The summed E-state index contributed by atoms with van der Waals surface area (Å²) in [5.74, 6) is -1.37. The molecule has 0 atom stereocenters. The monoisotopic (exact) mass is 809 g/mol. The molecule has 0 spiro atoms. The van der Waals surface area contributed by atoms with Crippen molar-refractivity contribution in [2.45, 2.75) is 39.5 Å². The highest BCUT2D eigenvalue weighted by molar-refractivity contribution is 7.85. The second-order valence-electron chi connectivity index (χ2n) is 13.2. The van der Waals surface area contributed by atoms with Gasteiger partial charge < -0.3 is 24.2 Å². The highest BCUT2D eigenvalue weighted by atomic mass is 32.2. The molecule has 1 aliphatic rings. The van der Waals surface area contributed by atoms with Gasteiger partial charge in [-0.2, -0.15) is 0 Å². The number of benzene rings is 5. The number of ketones is 1. The number of nitrogens with zero attached hydrogens (tertiary/aromatic N) is 2. The van der Waals surface area contributed by atoms with Gasteiger partial charge in [-0.05, 0) is 105 Å². The molecular weight excluding hydrogens is 735 g/mol. The van der Waals surface area contributed by atoms with Crippen LogP contribution in [0.25, 0.3) is 11.1 Å². The van der Waals surface area contributed by atoms with Gasteiger partial charge in [-0.1, -0.05) is 72.8 Å². The molecule has 308 valence electrons. The number of aromatic hydroxyl groups is 1. The van der Waals surface area contributed by atoms with Crippen LogP contribution in [0, 0.1) is 0 Å². The van der Waals surface area contributed by atoms with Crippen molar-refractivity contribution in [1.29, 1.82) is 0 Å². The number of rotatable bonds is 13. The zero-order valence-corrected chi connectivity index (χ0v) is 34.3. The van der Waals surface area contributed by atoms with Gasteiger partial charge in [0.25, 0.3) is 0 Å². The van der Waals surface area contributed by atoms with Gasteiger partial charge in [0.05, 0.1) is 23.1 Å². The molecule has 0 bridgehead atoms. The van der Waals surface area contributed by atoms with Crippen molar-refractivity contribution in [3.63, 3.8) is 0 Å². The van der Waals surface area contributed by atoms with Crippen LogP contribution < -0.4 is 19.5 Å². The van der Waals surface area contributed by atoms with Crippen LogP contribution in [-0.2, 0) is 10.1 Å². The lowest BCUT2D eigenvalue weighted by atomic mass is 9.83. The molecule has 6 rings (SSSR count). The number of phenols is 1. The predicted molar refractivity (Wildman–Crippen MR) is 242 cm³/mol. The van der Waals surface area contributed by atoms with Crippen LogP contribution in [0.3, 0.4) is 0 Å². The van der Waals surface area contributed by atoms with Crippen LogP contribution in [0.5, 0.6) is 11.5 Å². The van der Waals surface area contributed by atoms with Crippen LogP contribution in [0.15, 0.2) is 132 Å². The zero-order valence-electron chi connectivity index (χ0n) is 43.5. The van der Waals surface area contributed by atoms with Crippen LogP contribution in [0.1, 0.15) is 89.1 Å². The molecule has 57 heavy (non-hydrogen) atoms. The van der Waals surface area contributed by atoms with E-state index in [1.807, 2.05) is 0 Å². The molecule has 1 aliphatic carbocycles. The Morgan fingerprint density at radius 2 is 1.23 bits per heavy atom. The third-order valence-electron chi connectivity index (χ3n) is 9.96. The Balaban J connectivity index is 0. The van der Waals surface area contributed by atoms with Crippen molar-refractivity contribution in [2.24, 2.45) is 0 Å².